The second-order valence-corrected chi connectivity index (χ2v) is 7.77. The molecule has 158 valence electrons. The largest absolute Gasteiger partial charge is 0.508 e. The van der Waals surface area contributed by atoms with Crippen molar-refractivity contribution in [3.05, 3.63) is 107 Å². The predicted molar refractivity (Wildman–Crippen MR) is 126 cm³/mol. The average molecular weight is 422 g/mol. The van der Waals surface area contributed by atoms with Crippen LogP contribution in [0.25, 0.3) is 12.2 Å². The highest BCUT2D eigenvalue weighted by Gasteiger charge is 2.10. The van der Waals surface area contributed by atoms with E-state index in [0.717, 1.165) is 40.2 Å². The summed E-state index contributed by atoms with van der Waals surface area (Å²) in [5.41, 5.74) is 3.96. The summed E-state index contributed by atoms with van der Waals surface area (Å²) >= 11 is 0. The zero-order chi connectivity index (χ0) is 21.9. The number of phenols is 2. The molecule has 0 aromatic heterocycles. The van der Waals surface area contributed by atoms with Crippen molar-refractivity contribution in [1.29, 1.82) is 0 Å². The van der Waals surface area contributed by atoms with Crippen molar-refractivity contribution in [3.8, 4) is 34.5 Å². The van der Waals surface area contributed by atoms with E-state index in [0.29, 0.717) is 17.9 Å². The lowest BCUT2D eigenvalue weighted by atomic mass is 10.0. The van der Waals surface area contributed by atoms with E-state index in [9.17, 15) is 10.2 Å². The third-order valence-electron chi connectivity index (χ3n) is 5.42. The summed E-state index contributed by atoms with van der Waals surface area (Å²) in [7, 11) is 0. The normalized spacial score (nSPS) is 13.8. The lowest BCUT2D eigenvalue weighted by Gasteiger charge is -2.13. The summed E-state index contributed by atoms with van der Waals surface area (Å²) < 4.78 is 12.1. The summed E-state index contributed by atoms with van der Waals surface area (Å²) in [5.74, 6) is 2.82. The van der Waals surface area contributed by atoms with Crippen LogP contribution in [0.3, 0.4) is 0 Å². The van der Waals surface area contributed by atoms with Gasteiger partial charge in [0.2, 0.25) is 0 Å². The molecule has 4 aromatic carbocycles. The number of aryl methyl sites for hydroxylation is 2. The van der Waals surface area contributed by atoms with E-state index in [2.05, 4.69) is 0 Å². The van der Waals surface area contributed by atoms with Crippen molar-refractivity contribution < 1.29 is 19.7 Å². The molecule has 4 nitrogen and oxygen atoms in total. The summed E-state index contributed by atoms with van der Waals surface area (Å²) in [5, 5.41) is 20.2. The Bertz CT molecular complexity index is 1290. The Balaban J connectivity index is 1.58. The van der Waals surface area contributed by atoms with Crippen molar-refractivity contribution in [2.45, 2.75) is 12.8 Å². The Kier molecular flexibility index (Phi) is 5.26. The maximum atomic E-state index is 10.2. The van der Waals surface area contributed by atoms with Crippen LogP contribution in [0.15, 0.2) is 84.9 Å². The minimum atomic E-state index is 0.0902. The van der Waals surface area contributed by atoms with Crippen LogP contribution in [0.5, 0.6) is 34.5 Å². The molecular formula is C28H22O4. The molecular weight excluding hydrogens is 400 g/mol. The number of hydrogen-bond acceptors (Lipinski definition) is 4. The monoisotopic (exact) mass is 422 g/mol. The smallest absolute Gasteiger partial charge is 0.169 e. The van der Waals surface area contributed by atoms with Crippen LogP contribution in [-0.4, -0.2) is 10.2 Å². The van der Waals surface area contributed by atoms with Crippen LogP contribution in [0, 0.1) is 0 Å². The molecule has 0 aliphatic carbocycles. The lowest BCUT2D eigenvalue weighted by molar-refractivity contribution is 0.411. The van der Waals surface area contributed by atoms with Gasteiger partial charge in [0, 0.05) is 0 Å². The van der Waals surface area contributed by atoms with Crippen LogP contribution in [0.4, 0.5) is 0 Å². The van der Waals surface area contributed by atoms with E-state index in [-0.39, 0.29) is 11.5 Å². The number of fused-ring (bicyclic) bond motifs is 3. The first kappa shape index (κ1) is 19.8. The average Bonchev–Trinajstić information content (AvgIpc) is 2.80. The van der Waals surface area contributed by atoms with Crippen LogP contribution in [0.1, 0.15) is 22.3 Å². The van der Waals surface area contributed by atoms with Gasteiger partial charge in [-0.25, -0.2) is 0 Å². The van der Waals surface area contributed by atoms with Crippen LogP contribution >= 0.6 is 0 Å². The fraction of sp³-hybridized carbons (Fsp3) is 0.0714. The quantitative estimate of drug-likeness (QED) is 0.322. The molecule has 0 unspecified atom stereocenters. The Morgan fingerprint density at radius 3 is 2.22 bits per heavy atom. The number of hydrogen-bond donors (Lipinski definition) is 2. The SMILES string of the molecule is Oc1ccc2c(c1)CCc1ccc(cc1)Oc1cc(ccc1O)/C=C/c1cccc(c1)O2. The van der Waals surface area contributed by atoms with Gasteiger partial charge < -0.3 is 19.7 Å². The first-order chi connectivity index (χ1) is 15.6. The number of ether oxygens (including phenoxy) is 2. The minimum absolute atomic E-state index is 0.0902. The molecule has 0 amide bonds. The van der Waals surface area contributed by atoms with Gasteiger partial charge >= 0.3 is 0 Å². The van der Waals surface area contributed by atoms with E-state index in [1.807, 2.05) is 72.8 Å². The lowest BCUT2D eigenvalue weighted by Crippen LogP contribution is -1.96. The summed E-state index contributed by atoms with van der Waals surface area (Å²) in [4.78, 5) is 0. The van der Waals surface area contributed by atoms with Gasteiger partial charge in [-0.2, -0.15) is 0 Å². The molecule has 0 spiro atoms. The molecule has 4 aromatic rings. The summed E-state index contributed by atoms with van der Waals surface area (Å²) in [6, 6.07) is 26.1. The Labute approximate surface area is 186 Å². The molecule has 2 aliphatic rings. The van der Waals surface area contributed by atoms with E-state index < -0.39 is 0 Å². The van der Waals surface area contributed by atoms with E-state index in [1.54, 1.807) is 24.3 Å². The molecule has 0 fully saturated rings. The third-order valence-corrected chi connectivity index (χ3v) is 5.42. The first-order valence-electron chi connectivity index (χ1n) is 10.5. The van der Waals surface area contributed by atoms with E-state index in [1.165, 1.54) is 0 Å². The topological polar surface area (TPSA) is 58.9 Å². The van der Waals surface area contributed by atoms with Gasteiger partial charge in [0.05, 0.1) is 0 Å². The number of benzene rings is 4. The fourth-order valence-corrected chi connectivity index (χ4v) is 3.71. The molecule has 0 saturated carbocycles. The summed E-state index contributed by atoms with van der Waals surface area (Å²) in [6.07, 6.45) is 5.44. The Morgan fingerprint density at radius 1 is 0.594 bits per heavy atom. The number of phenolic OH excluding ortho intramolecular Hbond substituents is 2. The highest BCUT2D eigenvalue weighted by Crippen LogP contribution is 2.34. The van der Waals surface area contributed by atoms with Gasteiger partial charge in [-0.15, -0.1) is 0 Å². The summed E-state index contributed by atoms with van der Waals surface area (Å²) in [6.45, 7) is 0. The third kappa shape index (κ3) is 4.44. The van der Waals surface area contributed by atoms with E-state index in [4.69, 9.17) is 9.47 Å². The Morgan fingerprint density at radius 2 is 1.38 bits per heavy atom. The first-order valence-corrected chi connectivity index (χ1v) is 10.5. The van der Waals surface area contributed by atoms with E-state index >= 15 is 0 Å². The zero-order valence-electron chi connectivity index (χ0n) is 17.4. The maximum absolute atomic E-state index is 10.2. The van der Waals surface area contributed by atoms with Crippen LogP contribution in [-0.2, 0) is 12.8 Å². The van der Waals surface area contributed by atoms with Gasteiger partial charge in [0.25, 0.3) is 0 Å². The highest BCUT2D eigenvalue weighted by atomic mass is 16.5. The predicted octanol–water partition coefficient (Wildman–Crippen LogP) is 6.95. The molecule has 6 rings (SSSR count). The van der Waals surface area contributed by atoms with Crippen LogP contribution < -0.4 is 9.47 Å². The number of aromatic hydroxyl groups is 2. The molecule has 4 heteroatoms. The van der Waals surface area contributed by atoms with Crippen molar-refractivity contribution in [3.63, 3.8) is 0 Å². The fourth-order valence-electron chi connectivity index (χ4n) is 3.71. The molecule has 0 atom stereocenters. The molecule has 0 radical (unpaired) electrons. The standard InChI is InChI=1S/C28H22O4/c29-23-11-15-27-22(18-23)10-6-19-7-12-24(13-8-19)31-28-17-21(9-14-26(28)30)5-4-20-2-1-3-25(16-20)32-27/h1-5,7-9,11-18,29-30H,6,10H2/b5-4+. The van der Waals surface area contributed by atoms with Gasteiger partial charge in [0.15, 0.2) is 11.5 Å². The highest BCUT2D eigenvalue weighted by molar-refractivity contribution is 5.71. The molecule has 2 heterocycles. The molecule has 6 bridgehead atoms. The van der Waals surface area contributed by atoms with Crippen molar-refractivity contribution in [1.82, 2.24) is 0 Å². The maximum Gasteiger partial charge on any atom is 0.169 e. The van der Waals surface area contributed by atoms with Gasteiger partial charge in [-0.1, -0.05) is 42.5 Å². The minimum Gasteiger partial charge on any atom is -0.508 e. The molecule has 0 saturated heterocycles. The van der Waals surface area contributed by atoms with Crippen molar-refractivity contribution in [2.24, 2.45) is 0 Å². The zero-order valence-corrected chi connectivity index (χ0v) is 17.4. The van der Waals surface area contributed by atoms with Crippen molar-refractivity contribution >= 4 is 12.2 Å². The second kappa shape index (κ2) is 8.52. The van der Waals surface area contributed by atoms with Gasteiger partial charge in [-0.3, -0.25) is 0 Å². The Hall–Kier alpha value is -4.18. The number of rotatable bonds is 0. The van der Waals surface area contributed by atoms with Crippen LogP contribution in [0.2, 0.25) is 0 Å². The molecule has 2 aliphatic heterocycles. The van der Waals surface area contributed by atoms with Gasteiger partial charge in [-0.05, 0) is 89.7 Å². The van der Waals surface area contributed by atoms with Crippen molar-refractivity contribution in [2.75, 3.05) is 0 Å². The van der Waals surface area contributed by atoms with Gasteiger partial charge in [0.1, 0.15) is 23.0 Å². The molecule has 2 N–H and O–H groups in total. The molecule has 32 heavy (non-hydrogen) atoms. The second-order valence-electron chi connectivity index (χ2n) is 7.77.